The van der Waals surface area contributed by atoms with Crippen molar-refractivity contribution in [3.05, 3.63) is 42.5 Å². The summed E-state index contributed by atoms with van der Waals surface area (Å²) in [6.45, 7) is 6.20. The van der Waals surface area contributed by atoms with Crippen molar-refractivity contribution in [1.29, 1.82) is 0 Å². The molecule has 1 aromatic carbocycles. The molecule has 0 unspecified atom stereocenters. The van der Waals surface area contributed by atoms with E-state index in [4.69, 9.17) is 16.5 Å². The van der Waals surface area contributed by atoms with E-state index in [1.165, 1.54) is 0 Å². The number of hydrogen-bond donors (Lipinski definition) is 0. The second-order valence-corrected chi connectivity index (χ2v) is 2.07. The van der Waals surface area contributed by atoms with Gasteiger partial charge in [0, 0.05) is 5.97 Å². The first-order valence-corrected chi connectivity index (χ1v) is 3.44. The van der Waals surface area contributed by atoms with Gasteiger partial charge in [0.2, 0.25) is 0 Å². The predicted molar refractivity (Wildman–Crippen MR) is 45.9 cm³/mol. The standard InChI is InChI=1S/C8H7.C2H4O2.Zn/c1-2-8-6-4-3-5-7-8;1-2(3)4;/h1-7H;1H3,(H,3,4);/q-1;;+2/p-1. The normalized spacial score (nSPS) is 7.15. The zero-order valence-corrected chi connectivity index (χ0v) is 10.5. The van der Waals surface area contributed by atoms with E-state index in [9.17, 15) is 0 Å². The Balaban J connectivity index is 0. The SMILES string of the molecule is CC(=O)[O-].[CH-]=Cc1ccccc1.[Zn+2]. The van der Waals surface area contributed by atoms with Gasteiger partial charge in [-0.05, 0) is 6.92 Å². The molecule has 0 saturated carbocycles. The first-order chi connectivity index (χ1) is 5.66. The molecule has 13 heavy (non-hydrogen) atoms. The van der Waals surface area contributed by atoms with Gasteiger partial charge in [-0.15, -0.1) is 12.1 Å². The van der Waals surface area contributed by atoms with Gasteiger partial charge < -0.3 is 9.90 Å². The van der Waals surface area contributed by atoms with Crippen LogP contribution < -0.4 is 5.11 Å². The monoisotopic (exact) mass is 226 g/mol. The molecule has 0 radical (unpaired) electrons. The fourth-order valence-electron chi connectivity index (χ4n) is 0.564. The quantitative estimate of drug-likeness (QED) is 0.528. The molecule has 3 heteroatoms. The first kappa shape index (κ1) is 14.6. The number of carboxylic acids is 1. The van der Waals surface area contributed by atoms with Crippen LogP contribution in [0, 0.1) is 6.58 Å². The molecule has 2 nitrogen and oxygen atoms in total. The molecular formula is C10H10O2Zn. The van der Waals surface area contributed by atoms with Crippen molar-refractivity contribution in [2.75, 3.05) is 0 Å². The van der Waals surface area contributed by atoms with Gasteiger partial charge >= 0.3 is 19.5 Å². The maximum absolute atomic E-state index is 8.89. The third kappa shape index (κ3) is 11.1. The van der Waals surface area contributed by atoms with E-state index in [1.54, 1.807) is 6.08 Å². The number of carbonyl (C=O) groups excluding carboxylic acids is 1. The summed E-state index contributed by atoms with van der Waals surface area (Å²) in [5.74, 6) is -1.08. The van der Waals surface area contributed by atoms with Crippen molar-refractivity contribution in [2.24, 2.45) is 0 Å². The van der Waals surface area contributed by atoms with Crippen LogP contribution in [0.1, 0.15) is 12.5 Å². The number of carboxylic acid groups (broad SMARTS) is 1. The van der Waals surface area contributed by atoms with Crippen molar-refractivity contribution < 1.29 is 29.4 Å². The van der Waals surface area contributed by atoms with Crippen LogP contribution in [0.2, 0.25) is 0 Å². The van der Waals surface area contributed by atoms with Gasteiger partial charge in [-0.2, -0.15) is 5.56 Å². The molecule has 0 aliphatic heterocycles. The zero-order valence-electron chi connectivity index (χ0n) is 7.57. The largest absolute Gasteiger partial charge is 2.00 e. The van der Waals surface area contributed by atoms with E-state index in [1.807, 2.05) is 30.3 Å². The van der Waals surface area contributed by atoms with E-state index in [0.717, 1.165) is 12.5 Å². The third-order valence-corrected chi connectivity index (χ3v) is 0.992. The summed E-state index contributed by atoms with van der Waals surface area (Å²) in [6, 6.07) is 9.80. The summed E-state index contributed by atoms with van der Waals surface area (Å²) in [5, 5.41) is 8.89. The van der Waals surface area contributed by atoms with Crippen LogP contribution >= 0.6 is 0 Å². The number of aliphatic carboxylic acids is 1. The average molecular weight is 228 g/mol. The Labute approximate surface area is 91.0 Å². The second-order valence-electron chi connectivity index (χ2n) is 2.07. The topological polar surface area (TPSA) is 40.1 Å². The molecule has 0 amide bonds. The zero-order chi connectivity index (χ0) is 9.40. The van der Waals surface area contributed by atoms with Gasteiger partial charge in [0.15, 0.2) is 0 Å². The third-order valence-electron chi connectivity index (χ3n) is 0.992. The summed E-state index contributed by atoms with van der Waals surface area (Å²) >= 11 is 0. The van der Waals surface area contributed by atoms with E-state index < -0.39 is 5.97 Å². The van der Waals surface area contributed by atoms with E-state index in [2.05, 4.69) is 0 Å². The molecule has 0 bridgehead atoms. The minimum Gasteiger partial charge on any atom is -0.550 e. The van der Waals surface area contributed by atoms with Gasteiger partial charge in [-0.1, -0.05) is 18.2 Å². The summed E-state index contributed by atoms with van der Waals surface area (Å²) in [7, 11) is 0. The summed E-state index contributed by atoms with van der Waals surface area (Å²) in [6.07, 6.45) is 1.58. The molecule has 0 fully saturated rings. The maximum atomic E-state index is 8.89. The van der Waals surface area contributed by atoms with Gasteiger partial charge in [-0.25, -0.2) is 6.08 Å². The van der Waals surface area contributed by atoms with Crippen molar-refractivity contribution >= 4 is 12.0 Å². The van der Waals surface area contributed by atoms with Crippen LogP contribution in [-0.4, -0.2) is 5.97 Å². The van der Waals surface area contributed by atoms with Crippen LogP contribution in [0.3, 0.4) is 0 Å². The minimum absolute atomic E-state index is 0. The molecule has 64 valence electrons. The van der Waals surface area contributed by atoms with Crippen LogP contribution in [0.15, 0.2) is 30.3 Å². The van der Waals surface area contributed by atoms with Gasteiger partial charge in [0.05, 0.1) is 0 Å². The number of benzene rings is 1. The Morgan fingerprint density at radius 1 is 1.38 bits per heavy atom. The molecule has 0 saturated heterocycles. The average Bonchev–Trinajstić information content (AvgIpc) is 2.05. The molecule has 0 atom stereocenters. The van der Waals surface area contributed by atoms with E-state index >= 15 is 0 Å². The van der Waals surface area contributed by atoms with Crippen LogP contribution in [0.4, 0.5) is 0 Å². The van der Waals surface area contributed by atoms with Crippen LogP contribution in [-0.2, 0) is 24.3 Å². The first-order valence-electron chi connectivity index (χ1n) is 3.44. The molecule has 0 aliphatic carbocycles. The Bertz CT molecular complexity index is 240. The smallest absolute Gasteiger partial charge is 0.550 e. The molecule has 0 N–H and O–H groups in total. The van der Waals surface area contributed by atoms with E-state index in [-0.39, 0.29) is 19.5 Å². The second kappa shape index (κ2) is 9.14. The Morgan fingerprint density at radius 2 is 1.77 bits per heavy atom. The summed E-state index contributed by atoms with van der Waals surface area (Å²) in [5.41, 5.74) is 1.06. The Morgan fingerprint density at radius 3 is 2.00 bits per heavy atom. The minimum atomic E-state index is -1.08. The van der Waals surface area contributed by atoms with Crippen molar-refractivity contribution in [3.8, 4) is 0 Å². The van der Waals surface area contributed by atoms with Crippen molar-refractivity contribution in [3.63, 3.8) is 0 Å². The van der Waals surface area contributed by atoms with E-state index in [0.29, 0.717) is 0 Å². The predicted octanol–water partition coefficient (Wildman–Crippen LogP) is 0.886. The molecule has 0 heterocycles. The Kier molecular flexibility index (Phi) is 10.2. The fraction of sp³-hybridized carbons (Fsp3) is 0.100. The maximum Gasteiger partial charge on any atom is 2.00 e. The van der Waals surface area contributed by atoms with Crippen molar-refractivity contribution in [1.82, 2.24) is 0 Å². The van der Waals surface area contributed by atoms with Crippen LogP contribution in [0.25, 0.3) is 6.08 Å². The number of carbonyl (C=O) groups is 1. The molecule has 1 rings (SSSR count). The van der Waals surface area contributed by atoms with Gasteiger partial charge in [0.25, 0.3) is 0 Å². The molecule has 0 aliphatic rings. The summed E-state index contributed by atoms with van der Waals surface area (Å²) in [4.78, 5) is 8.89. The van der Waals surface area contributed by atoms with Gasteiger partial charge in [0.1, 0.15) is 0 Å². The Hall–Kier alpha value is -0.947. The number of hydrogen-bond acceptors (Lipinski definition) is 2. The van der Waals surface area contributed by atoms with Crippen LogP contribution in [0.5, 0.6) is 0 Å². The van der Waals surface area contributed by atoms with Gasteiger partial charge in [-0.3, -0.25) is 6.58 Å². The fourth-order valence-corrected chi connectivity index (χ4v) is 0.564. The molecule has 0 spiro atoms. The molecular weight excluding hydrogens is 217 g/mol. The summed E-state index contributed by atoms with van der Waals surface area (Å²) < 4.78 is 0. The van der Waals surface area contributed by atoms with Crippen molar-refractivity contribution in [2.45, 2.75) is 6.92 Å². The molecule has 0 aromatic heterocycles. The number of rotatable bonds is 1. The molecule has 1 aromatic rings.